The molecule has 31 heavy (non-hydrogen) atoms. The van der Waals surface area contributed by atoms with E-state index in [9.17, 15) is 28.1 Å². The SMILES string of the molecule is O=C(Nc1ccc(OC(F)(F)F)cc1)c1ccn(COc2ccc([N+](=O)[O-])cc2Cl)n1. The van der Waals surface area contributed by atoms with E-state index in [4.69, 9.17) is 16.3 Å². The van der Waals surface area contributed by atoms with Crippen molar-refractivity contribution in [2.24, 2.45) is 0 Å². The van der Waals surface area contributed by atoms with E-state index in [1.807, 2.05) is 0 Å². The predicted molar refractivity (Wildman–Crippen MR) is 102 cm³/mol. The molecule has 0 aliphatic heterocycles. The Bertz CT molecular complexity index is 1100. The number of anilines is 1. The number of ether oxygens (including phenoxy) is 2. The Morgan fingerprint density at radius 1 is 1.19 bits per heavy atom. The molecule has 162 valence electrons. The summed E-state index contributed by atoms with van der Waals surface area (Å²) in [6, 6.07) is 9.72. The van der Waals surface area contributed by atoms with Crippen molar-refractivity contribution in [3.8, 4) is 11.5 Å². The molecule has 0 atom stereocenters. The lowest BCUT2D eigenvalue weighted by Crippen LogP contribution is -2.17. The molecule has 1 heterocycles. The van der Waals surface area contributed by atoms with Gasteiger partial charge in [-0.15, -0.1) is 13.2 Å². The van der Waals surface area contributed by atoms with Crippen LogP contribution in [0.5, 0.6) is 11.5 Å². The van der Waals surface area contributed by atoms with Gasteiger partial charge in [0, 0.05) is 24.0 Å². The smallest absolute Gasteiger partial charge is 0.470 e. The number of nitrogens with zero attached hydrogens (tertiary/aromatic N) is 3. The third-order valence-electron chi connectivity index (χ3n) is 3.70. The summed E-state index contributed by atoms with van der Waals surface area (Å²) < 4.78 is 47.0. The third-order valence-corrected chi connectivity index (χ3v) is 3.99. The molecule has 0 spiro atoms. The summed E-state index contributed by atoms with van der Waals surface area (Å²) >= 11 is 5.94. The van der Waals surface area contributed by atoms with E-state index in [-0.39, 0.29) is 34.6 Å². The molecule has 3 aromatic rings. The minimum Gasteiger partial charge on any atom is -0.470 e. The molecule has 0 aliphatic carbocycles. The molecule has 0 bridgehead atoms. The standard InChI is InChI=1S/C18H12ClF3N4O5/c19-14-9-12(26(28)29)3-6-16(14)30-10-25-8-7-15(24-25)17(27)23-11-1-4-13(5-2-11)31-18(20,21)22/h1-9H,10H2,(H,23,27). The number of amides is 1. The van der Waals surface area contributed by atoms with Crippen molar-refractivity contribution in [2.75, 3.05) is 5.32 Å². The molecule has 13 heteroatoms. The number of aromatic nitrogens is 2. The second kappa shape index (κ2) is 8.92. The molecule has 2 aromatic carbocycles. The Kier molecular flexibility index (Phi) is 6.30. The number of benzene rings is 2. The van der Waals surface area contributed by atoms with Crippen LogP contribution in [0.25, 0.3) is 0 Å². The summed E-state index contributed by atoms with van der Waals surface area (Å²) in [6.45, 7) is -0.131. The Hall–Kier alpha value is -3.80. The molecule has 1 N–H and O–H groups in total. The van der Waals surface area contributed by atoms with Gasteiger partial charge < -0.3 is 14.8 Å². The van der Waals surface area contributed by atoms with E-state index in [1.165, 1.54) is 41.2 Å². The van der Waals surface area contributed by atoms with Crippen LogP contribution in [0.2, 0.25) is 5.02 Å². The number of nitro benzene ring substituents is 1. The van der Waals surface area contributed by atoms with Gasteiger partial charge in [0.25, 0.3) is 11.6 Å². The van der Waals surface area contributed by atoms with Crippen molar-refractivity contribution >= 4 is 28.9 Å². The van der Waals surface area contributed by atoms with E-state index in [0.717, 1.165) is 18.2 Å². The number of hydrogen-bond acceptors (Lipinski definition) is 6. The molecule has 0 saturated carbocycles. The summed E-state index contributed by atoms with van der Waals surface area (Å²) in [7, 11) is 0. The number of rotatable bonds is 7. The molecule has 0 aliphatic rings. The summed E-state index contributed by atoms with van der Waals surface area (Å²) in [5.41, 5.74) is 0.0744. The quantitative estimate of drug-likeness (QED) is 0.410. The molecule has 1 aromatic heterocycles. The zero-order valence-electron chi connectivity index (χ0n) is 15.3. The molecule has 0 radical (unpaired) electrons. The maximum atomic E-state index is 12.2. The first-order valence-electron chi connectivity index (χ1n) is 8.38. The Morgan fingerprint density at radius 3 is 2.52 bits per heavy atom. The number of carbonyl (C=O) groups is 1. The number of carbonyl (C=O) groups excluding carboxylic acids is 1. The second-order valence-corrected chi connectivity index (χ2v) is 6.32. The van der Waals surface area contributed by atoms with Gasteiger partial charge in [-0.1, -0.05) is 11.6 Å². The molecule has 3 rings (SSSR count). The summed E-state index contributed by atoms with van der Waals surface area (Å²) in [6.07, 6.45) is -3.35. The predicted octanol–water partition coefficient (Wildman–Crippen LogP) is 4.63. The highest BCUT2D eigenvalue weighted by Gasteiger charge is 2.31. The third kappa shape index (κ3) is 6.09. The molecule has 0 unspecified atom stereocenters. The molecule has 1 amide bonds. The van der Waals surface area contributed by atoms with Gasteiger partial charge in [0.2, 0.25) is 0 Å². The van der Waals surface area contributed by atoms with Crippen molar-refractivity contribution in [3.05, 3.63) is 75.6 Å². The minimum atomic E-state index is -4.81. The zero-order valence-corrected chi connectivity index (χ0v) is 16.1. The molecule has 0 saturated heterocycles. The average molecular weight is 457 g/mol. The summed E-state index contributed by atoms with van der Waals surface area (Å²) in [5, 5.41) is 17.3. The highest BCUT2D eigenvalue weighted by Crippen LogP contribution is 2.29. The van der Waals surface area contributed by atoms with Crippen LogP contribution in [0.4, 0.5) is 24.5 Å². The Balaban J connectivity index is 1.58. The normalized spacial score (nSPS) is 11.1. The number of nitro groups is 1. The van der Waals surface area contributed by atoms with Gasteiger partial charge in [0.1, 0.15) is 11.5 Å². The van der Waals surface area contributed by atoms with Crippen LogP contribution < -0.4 is 14.8 Å². The largest absolute Gasteiger partial charge is 0.573 e. The topological polar surface area (TPSA) is 109 Å². The minimum absolute atomic E-state index is 0.0222. The lowest BCUT2D eigenvalue weighted by atomic mass is 10.3. The van der Waals surface area contributed by atoms with Crippen molar-refractivity contribution in [1.29, 1.82) is 0 Å². The van der Waals surface area contributed by atoms with Crippen molar-refractivity contribution < 1.29 is 32.4 Å². The lowest BCUT2D eigenvalue weighted by molar-refractivity contribution is -0.384. The van der Waals surface area contributed by atoms with E-state index in [2.05, 4.69) is 15.2 Å². The first kappa shape index (κ1) is 21.9. The van der Waals surface area contributed by atoms with Crippen LogP contribution in [0.15, 0.2) is 54.7 Å². The first-order chi connectivity index (χ1) is 14.6. The van der Waals surface area contributed by atoms with Gasteiger partial charge in [-0.25, -0.2) is 4.68 Å². The van der Waals surface area contributed by atoms with Gasteiger partial charge in [0.15, 0.2) is 12.4 Å². The van der Waals surface area contributed by atoms with Gasteiger partial charge in [-0.3, -0.25) is 14.9 Å². The van der Waals surface area contributed by atoms with E-state index >= 15 is 0 Å². The van der Waals surface area contributed by atoms with Crippen LogP contribution >= 0.6 is 11.6 Å². The Labute approximate surface area is 177 Å². The van der Waals surface area contributed by atoms with E-state index in [0.29, 0.717) is 0 Å². The van der Waals surface area contributed by atoms with Crippen molar-refractivity contribution in [2.45, 2.75) is 13.1 Å². The van der Waals surface area contributed by atoms with Crippen LogP contribution in [-0.4, -0.2) is 27.0 Å². The Morgan fingerprint density at radius 2 is 1.90 bits per heavy atom. The number of halogens is 4. The van der Waals surface area contributed by atoms with Crippen LogP contribution in [0, 0.1) is 10.1 Å². The summed E-state index contributed by atoms with van der Waals surface area (Å²) in [4.78, 5) is 22.4. The highest BCUT2D eigenvalue weighted by atomic mass is 35.5. The fourth-order valence-electron chi connectivity index (χ4n) is 2.35. The lowest BCUT2D eigenvalue weighted by Gasteiger charge is -2.09. The number of non-ortho nitro benzene ring substituents is 1. The number of nitrogens with one attached hydrogen (secondary N) is 1. The van der Waals surface area contributed by atoms with Gasteiger partial charge in [0.05, 0.1) is 9.95 Å². The second-order valence-electron chi connectivity index (χ2n) is 5.91. The monoisotopic (exact) mass is 456 g/mol. The number of hydrogen-bond donors (Lipinski definition) is 1. The van der Waals surface area contributed by atoms with Crippen molar-refractivity contribution in [3.63, 3.8) is 0 Å². The number of alkyl halides is 3. The van der Waals surface area contributed by atoms with Gasteiger partial charge in [-0.05, 0) is 36.4 Å². The average Bonchev–Trinajstić information content (AvgIpc) is 3.16. The van der Waals surface area contributed by atoms with E-state index < -0.39 is 22.9 Å². The summed E-state index contributed by atoms with van der Waals surface area (Å²) in [5.74, 6) is -0.830. The van der Waals surface area contributed by atoms with Crippen LogP contribution in [0.3, 0.4) is 0 Å². The fourth-order valence-corrected chi connectivity index (χ4v) is 2.58. The first-order valence-corrected chi connectivity index (χ1v) is 8.76. The van der Waals surface area contributed by atoms with Gasteiger partial charge >= 0.3 is 6.36 Å². The molecular weight excluding hydrogens is 445 g/mol. The van der Waals surface area contributed by atoms with E-state index in [1.54, 1.807) is 0 Å². The molecule has 0 fully saturated rings. The van der Waals surface area contributed by atoms with Gasteiger partial charge in [-0.2, -0.15) is 5.10 Å². The maximum Gasteiger partial charge on any atom is 0.573 e. The fraction of sp³-hybridized carbons (Fsp3) is 0.111. The molecular formula is C18H12ClF3N4O5. The maximum absolute atomic E-state index is 12.2. The van der Waals surface area contributed by atoms with Crippen LogP contribution in [0.1, 0.15) is 10.5 Å². The zero-order chi connectivity index (χ0) is 22.6. The van der Waals surface area contributed by atoms with Crippen LogP contribution in [-0.2, 0) is 6.73 Å². The highest BCUT2D eigenvalue weighted by molar-refractivity contribution is 6.32. The molecule has 9 nitrogen and oxygen atoms in total. The van der Waals surface area contributed by atoms with Crippen molar-refractivity contribution in [1.82, 2.24) is 9.78 Å².